The first-order chi connectivity index (χ1) is 7.81. The molecule has 1 aromatic rings. The van der Waals surface area contributed by atoms with Gasteiger partial charge in [0.1, 0.15) is 10.6 Å². The largest absolute Gasteiger partial charge is 0.478 e. The van der Waals surface area contributed by atoms with Gasteiger partial charge in [-0.1, -0.05) is 6.92 Å². The molecule has 0 aromatic carbocycles. The van der Waals surface area contributed by atoms with E-state index in [4.69, 9.17) is 5.11 Å². The second-order valence-corrected chi connectivity index (χ2v) is 5.76. The summed E-state index contributed by atoms with van der Waals surface area (Å²) in [5, 5.41) is 9.10. The summed E-state index contributed by atoms with van der Waals surface area (Å²) in [4.78, 5) is 11.0. The van der Waals surface area contributed by atoms with Crippen LogP contribution in [0.5, 0.6) is 0 Å². The Kier molecular flexibility index (Phi) is 4.07. The van der Waals surface area contributed by atoms with Crippen molar-refractivity contribution in [3.8, 4) is 0 Å². The van der Waals surface area contributed by atoms with E-state index < -0.39 is 16.2 Å². The minimum atomic E-state index is -3.72. The lowest BCUT2D eigenvalue weighted by Gasteiger charge is -2.17. The first kappa shape index (κ1) is 13.9. The molecule has 0 bridgehead atoms. The van der Waals surface area contributed by atoms with E-state index in [-0.39, 0.29) is 17.1 Å². The molecular formula is C8H13N3O4S2. The van der Waals surface area contributed by atoms with Gasteiger partial charge in [-0.15, -0.1) is 0 Å². The summed E-state index contributed by atoms with van der Waals surface area (Å²) in [5.41, 5.74) is 0.218. The summed E-state index contributed by atoms with van der Waals surface area (Å²) in [6, 6.07) is 0. The smallest absolute Gasteiger partial charge is 0.340 e. The van der Waals surface area contributed by atoms with Crippen LogP contribution in [-0.4, -0.2) is 37.5 Å². The lowest BCUT2D eigenvalue weighted by atomic mass is 10.2. The van der Waals surface area contributed by atoms with Crippen LogP contribution in [0.15, 0.2) is 0 Å². The highest BCUT2D eigenvalue weighted by atomic mass is 32.2. The van der Waals surface area contributed by atoms with Crippen molar-refractivity contribution < 1.29 is 18.3 Å². The molecule has 7 nitrogen and oxygen atoms in total. The van der Waals surface area contributed by atoms with Gasteiger partial charge in [-0.3, -0.25) is 0 Å². The summed E-state index contributed by atoms with van der Waals surface area (Å²) in [5.74, 6) is -1.19. The average Bonchev–Trinajstić information content (AvgIpc) is 2.58. The molecule has 1 heterocycles. The Morgan fingerprint density at radius 2 is 2.18 bits per heavy atom. The molecule has 17 heavy (non-hydrogen) atoms. The van der Waals surface area contributed by atoms with Crippen LogP contribution in [-0.2, 0) is 10.2 Å². The van der Waals surface area contributed by atoms with Gasteiger partial charge >= 0.3 is 16.2 Å². The zero-order valence-electron chi connectivity index (χ0n) is 9.59. The van der Waals surface area contributed by atoms with Gasteiger partial charge in [0.2, 0.25) is 0 Å². The summed E-state index contributed by atoms with van der Waals surface area (Å²) in [7, 11) is -2.43. The number of nitrogens with zero attached hydrogens (tertiary/aromatic N) is 2. The number of rotatable bonds is 5. The van der Waals surface area contributed by atoms with Crippen LogP contribution in [0.1, 0.15) is 23.0 Å². The van der Waals surface area contributed by atoms with Gasteiger partial charge in [0.15, 0.2) is 0 Å². The molecule has 0 spiro atoms. The van der Waals surface area contributed by atoms with Gasteiger partial charge in [0.05, 0.1) is 5.69 Å². The number of carboxylic acids is 1. The van der Waals surface area contributed by atoms with Crippen molar-refractivity contribution >= 4 is 32.7 Å². The molecule has 0 radical (unpaired) electrons. The second kappa shape index (κ2) is 4.98. The molecule has 0 saturated carbocycles. The van der Waals surface area contributed by atoms with E-state index in [2.05, 4.69) is 9.10 Å². The Morgan fingerprint density at radius 3 is 2.65 bits per heavy atom. The second-order valence-electron chi connectivity index (χ2n) is 3.22. The number of aromatic carboxylic acids is 1. The van der Waals surface area contributed by atoms with Gasteiger partial charge in [-0.05, 0) is 18.5 Å². The molecular weight excluding hydrogens is 266 g/mol. The third-order valence-corrected chi connectivity index (χ3v) is 4.72. The standard InChI is InChI=1S/C8H13N3O4S2/c1-4-9-17(14,15)11(3)7-6(8(12)13)5(2)10-16-7/h9H,4H2,1-3H3,(H,12,13). The van der Waals surface area contributed by atoms with Gasteiger partial charge < -0.3 is 5.11 Å². The lowest BCUT2D eigenvalue weighted by Crippen LogP contribution is -2.38. The SMILES string of the molecule is CCNS(=O)(=O)N(C)c1snc(C)c1C(=O)O. The fourth-order valence-corrected chi connectivity index (χ4v) is 3.23. The number of anilines is 1. The fraction of sp³-hybridized carbons (Fsp3) is 0.500. The summed E-state index contributed by atoms with van der Waals surface area (Å²) >= 11 is 0.841. The number of hydrogen-bond donors (Lipinski definition) is 2. The molecule has 0 saturated heterocycles. The highest BCUT2D eigenvalue weighted by Gasteiger charge is 2.26. The quantitative estimate of drug-likeness (QED) is 0.814. The average molecular weight is 279 g/mol. The maximum absolute atomic E-state index is 11.7. The maximum Gasteiger partial charge on any atom is 0.340 e. The highest BCUT2D eigenvalue weighted by Crippen LogP contribution is 2.28. The molecule has 1 rings (SSSR count). The predicted octanol–water partition coefficient (Wildman–Crippen LogP) is 0.440. The maximum atomic E-state index is 11.7. The van der Waals surface area contributed by atoms with Gasteiger partial charge in [-0.25, -0.2) is 9.10 Å². The number of carbonyl (C=O) groups is 1. The zero-order valence-corrected chi connectivity index (χ0v) is 11.2. The number of carboxylic acid groups (broad SMARTS) is 1. The van der Waals surface area contributed by atoms with E-state index in [1.165, 1.54) is 14.0 Å². The number of nitrogens with one attached hydrogen (secondary N) is 1. The predicted molar refractivity (Wildman–Crippen MR) is 64.8 cm³/mol. The third kappa shape index (κ3) is 2.73. The van der Waals surface area contributed by atoms with Crippen molar-refractivity contribution in [3.63, 3.8) is 0 Å². The van der Waals surface area contributed by atoms with Crippen LogP contribution in [0.2, 0.25) is 0 Å². The van der Waals surface area contributed by atoms with Gasteiger partial charge in [0, 0.05) is 13.6 Å². The van der Waals surface area contributed by atoms with E-state index >= 15 is 0 Å². The summed E-state index contributed by atoms with van der Waals surface area (Å²) in [6.07, 6.45) is 0. The minimum absolute atomic E-state index is 0.0843. The van der Waals surface area contributed by atoms with E-state index in [0.717, 1.165) is 15.8 Å². The Bertz CT molecular complexity index is 523. The molecule has 0 fully saturated rings. The lowest BCUT2D eigenvalue weighted by molar-refractivity contribution is 0.0697. The van der Waals surface area contributed by atoms with Crippen LogP contribution in [0, 0.1) is 6.92 Å². The molecule has 9 heteroatoms. The fourth-order valence-electron chi connectivity index (χ4n) is 1.21. The number of aromatic nitrogens is 1. The number of aryl methyl sites for hydroxylation is 1. The van der Waals surface area contributed by atoms with E-state index in [1.54, 1.807) is 6.92 Å². The van der Waals surface area contributed by atoms with Crippen LogP contribution in [0.4, 0.5) is 5.00 Å². The summed E-state index contributed by atoms with van der Waals surface area (Å²) < 4.78 is 30.5. The first-order valence-corrected chi connectivity index (χ1v) is 6.95. The zero-order chi connectivity index (χ0) is 13.2. The minimum Gasteiger partial charge on any atom is -0.478 e. The monoisotopic (exact) mass is 279 g/mol. The molecule has 2 N–H and O–H groups in total. The van der Waals surface area contributed by atoms with E-state index in [9.17, 15) is 13.2 Å². The third-order valence-electron chi connectivity index (χ3n) is 2.03. The highest BCUT2D eigenvalue weighted by molar-refractivity contribution is 7.91. The van der Waals surface area contributed by atoms with E-state index in [1.807, 2.05) is 0 Å². The Morgan fingerprint density at radius 1 is 1.59 bits per heavy atom. The van der Waals surface area contributed by atoms with Crippen molar-refractivity contribution in [1.29, 1.82) is 0 Å². The molecule has 96 valence electrons. The van der Waals surface area contributed by atoms with Gasteiger partial charge in [0.25, 0.3) is 0 Å². The van der Waals surface area contributed by atoms with Crippen LogP contribution in [0.3, 0.4) is 0 Å². The molecule has 0 unspecified atom stereocenters. The van der Waals surface area contributed by atoms with Crippen LogP contribution >= 0.6 is 11.5 Å². The van der Waals surface area contributed by atoms with Crippen molar-refractivity contribution in [2.45, 2.75) is 13.8 Å². The molecule has 0 atom stereocenters. The molecule has 0 aliphatic carbocycles. The van der Waals surface area contributed by atoms with Gasteiger partial charge in [-0.2, -0.15) is 17.5 Å². The Labute approximate surface area is 103 Å². The van der Waals surface area contributed by atoms with Crippen molar-refractivity contribution in [2.75, 3.05) is 17.9 Å². The molecule has 0 aliphatic rings. The van der Waals surface area contributed by atoms with Crippen LogP contribution in [0.25, 0.3) is 0 Å². The van der Waals surface area contributed by atoms with Crippen molar-refractivity contribution in [1.82, 2.24) is 9.10 Å². The molecule has 1 aromatic heterocycles. The Hall–Kier alpha value is -1.19. The first-order valence-electron chi connectivity index (χ1n) is 4.74. The Balaban J connectivity index is 3.22. The van der Waals surface area contributed by atoms with Crippen molar-refractivity contribution in [2.24, 2.45) is 0 Å². The molecule has 0 aliphatic heterocycles. The van der Waals surface area contributed by atoms with Crippen LogP contribution < -0.4 is 9.03 Å². The van der Waals surface area contributed by atoms with E-state index in [0.29, 0.717) is 5.69 Å². The molecule has 0 amide bonds. The normalized spacial score (nSPS) is 11.5. The van der Waals surface area contributed by atoms with Crippen molar-refractivity contribution in [3.05, 3.63) is 11.3 Å². The topological polar surface area (TPSA) is 99.6 Å². The number of hydrogen-bond acceptors (Lipinski definition) is 5. The summed E-state index contributed by atoms with van der Waals surface area (Å²) in [6.45, 7) is 3.39.